The molecular weight excluding hydrogens is 454 g/mol. The molecule has 0 aromatic heterocycles. The molecule has 1 aromatic carbocycles. The van der Waals surface area contributed by atoms with Crippen molar-refractivity contribution in [1.82, 2.24) is 10.6 Å². The third-order valence-corrected chi connectivity index (χ3v) is 7.55. The second-order valence-electron chi connectivity index (χ2n) is 10.4. The summed E-state index contributed by atoms with van der Waals surface area (Å²) in [5.74, 6) is 1.68. The van der Waals surface area contributed by atoms with Crippen molar-refractivity contribution in [2.75, 3.05) is 31.7 Å². The van der Waals surface area contributed by atoms with E-state index in [1.165, 1.54) is 19.3 Å². The van der Waals surface area contributed by atoms with Crippen molar-refractivity contribution >= 4 is 29.5 Å². The molecule has 0 saturated heterocycles. The maximum atomic E-state index is 12.5. The van der Waals surface area contributed by atoms with Gasteiger partial charge in [-0.2, -0.15) is 0 Å². The van der Waals surface area contributed by atoms with E-state index >= 15 is 0 Å². The van der Waals surface area contributed by atoms with Crippen LogP contribution in [0.5, 0.6) is 11.5 Å². The van der Waals surface area contributed by atoms with Gasteiger partial charge in [-0.15, -0.1) is 0 Å². The molecule has 3 N–H and O–H groups in total. The normalized spacial score (nSPS) is 27.6. The molecule has 4 aliphatic carbocycles. The number of fused-ring (bicyclic) bond motifs is 1. The summed E-state index contributed by atoms with van der Waals surface area (Å²) in [5, 5.41) is 7.23. The van der Waals surface area contributed by atoms with E-state index in [-0.39, 0.29) is 17.9 Å². The third-order valence-electron chi connectivity index (χ3n) is 7.55. The predicted octanol–water partition coefficient (Wildman–Crippen LogP) is 2.37. The molecule has 4 saturated carbocycles. The van der Waals surface area contributed by atoms with Crippen LogP contribution < -0.4 is 25.4 Å². The topological polar surface area (TPSA) is 132 Å². The summed E-state index contributed by atoms with van der Waals surface area (Å²) in [7, 11) is 0. The highest BCUT2D eigenvalue weighted by Crippen LogP contribution is 2.61. The number of hydrogen-bond acceptors (Lipinski definition) is 7. The summed E-state index contributed by atoms with van der Waals surface area (Å²) in [5.41, 5.74) is 0.506. The standard InChI is InChI=1S/C25H31N3O7/c29-21(12-25-9-15-5-16(10-25)7-17(6-15)11-25)26-13-23(31)35-14-22(30)28-24(32)27-18-1-2-19-20(8-18)34-4-3-33-19/h1-2,8,15-17H,3-7,9-14H2,(H,26,29)(H2,27,28,30,32). The highest BCUT2D eigenvalue weighted by Gasteiger charge is 2.51. The van der Waals surface area contributed by atoms with Gasteiger partial charge in [0.1, 0.15) is 19.8 Å². The molecule has 10 nitrogen and oxygen atoms in total. The maximum absolute atomic E-state index is 12.5. The molecule has 1 aromatic rings. The van der Waals surface area contributed by atoms with Crippen molar-refractivity contribution in [2.45, 2.75) is 44.9 Å². The minimum absolute atomic E-state index is 0.0905. The predicted molar refractivity (Wildman–Crippen MR) is 124 cm³/mol. The first-order valence-corrected chi connectivity index (χ1v) is 12.3. The first-order valence-electron chi connectivity index (χ1n) is 12.3. The van der Waals surface area contributed by atoms with E-state index in [2.05, 4.69) is 16.0 Å². The van der Waals surface area contributed by atoms with Crippen LogP contribution in [0, 0.1) is 23.2 Å². The van der Waals surface area contributed by atoms with E-state index in [0.29, 0.717) is 36.8 Å². The lowest BCUT2D eigenvalue weighted by atomic mass is 9.49. The quantitative estimate of drug-likeness (QED) is 0.505. The number of rotatable bonds is 7. The van der Waals surface area contributed by atoms with Gasteiger partial charge in [0.05, 0.1) is 0 Å². The van der Waals surface area contributed by atoms with E-state index in [1.807, 2.05) is 0 Å². The zero-order chi connectivity index (χ0) is 24.4. The SMILES string of the molecule is O=C(CC12CC3CC(CC(C3)C1)C2)NCC(=O)OCC(=O)NC(=O)Nc1ccc2c(c1)OCCO2. The Bertz CT molecular complexity index is 989. The third kappa shape index (κ3) is 5.68. The van der Waals surface area contributed by atoms with Gasteiger partial charge in [0.2, 0.25) is 5.91 Å². The van der Waals surface area contributed by atoms with Crippen LogP contribution >= 0.6 is 0 Å². The molecule has 10 heteroatoms. The van der Waals surface area contributed by atoms with Crippen LogP contribution in [0.15, 0.2) is 18.2 Å². The Kier molecular flexibility index (Phi) is 6.53. The Labute approximate surface area is 203 Å². The molecule has 188 valence electrons. The number of nitrogens with one attached hydrogen (secondary N) is 3. The lowest BCUT2D eigenvalue weighted by Crippen LogP contribution is -2.48. The summed E-state index contributed by atoms with van der Waals surface area (Å²) in [6, 6.07) is 4.09. The Balaban J connectivity index is 0.995. The van der Waals surface area contributed by atoms with Gasteiger partial charge in [-0.1, -0.05) is 0 Å². The number of anilines is 1. The number of carbonyl (C=O) groups excluding carboxylic acids is 4. The molecule has 1 heterocycles. The van der Waals surface area contributed by atoms with Crippen LogP contribution in [0.1, 0.15) is 44.9 Å². The highest BCUT2D eigenvalue weighted by molar-refractivity contribution is 6.02. The van der Waals surface area contributed by atoms with Crippen molar-refractivity contribution < 1.29 is 33.4 Å². The molecule has 0 unspecified atom stereocenters. The Morgan fingerprint density at radius 3 is 2.26 bits per heavy atom. The zero-order valence-corrected chi connectivity index (χ0v) is 19.6. The summed E-state index contributed by atoms with van der Waals surface area (Å²) < 4.78 is 15.8. The first-order chi connectivity index (χ1) is 16.9. The molecular formula is C25H31N3O7. The molecule has 35 heavy (non-hydrogen) atoms. The Morgan fingerprint density at radius 2 is 1.57 bits per heavy atom. The lowest BCUT2D eigenvalue weighted by molar-refractivity contribution is -0.148. The van der Waals surface area contributed by atoms with E-state index in [4.69, 9.17) is 14.2 Å². The van der Waals surface area contributed by atoms with Crippen LogP contribution in [0.25, 0.3) is 0 Å². The van der Waals surface area contributed by atoms with E-state index < -0.39 is 24.5 Å². The van der Waals surface area contributed by atoms with Crippen LogP contribution in [0.4, 0.5) is 10.5 Å². The molecule has 6 rings (SSSR count). The van der Waals surface area contributed by atoms with Gasteiger partial charge in [-0.25, -0.2) is 4.79 Å². The average Bonchev–Trinajstić information content (AvgIpc) is 2.80. The molecule has 4 amide bonds. The number of carbonyl (C=O) groups is 4. The number of ether oxygens (including phenoxy) is 3. The fourth-order valence-corrected chi connectivity index (χ4v) is 6.72. The van der Waals surface area contributed by atoms with Gasteiger partial charge in [-0.05, 0) is 73.8 Å². The molecule has 4 fully saturated rings. The van der Waals surface area contributed by atoms with E-state index in [0.717, 1.165) is 37.0 Å². The van der Waals surface area contributed by atoms with Crippen LogP contribution in [0.3, 0.4) is 0 Å². The number of benzene rings is 1. The van der Waals surface area contributed by atoms with Gasteiger partial charge < -0.3 is 24.8 Å². The molecule has 4 bridgehead atoms. The lowest BCUT2D eigenvalue weighted by Gasteiger charge is -2.56. The second-order valence-corrected chi connectivity index (χ2v) is 10.4. The van der Waals surface area contributed by atoms with Crippen molar-refractivity contribution in [3.63, 3.8) is 0 Å². The van der Waals surface area contributed by atoms with Crippen molar-refractivity contribution in [2.24, 2.45) is 23.2 Å². The Morgan fingerprint density at radius 1 is 0.914 bits per heavy atom. The minimum Gasteiger partial charge on any atom is -0.486 e. The fourth-order valence-electron chi connectivity index (χ4n) is 6.72. The number of urea groups is 1. The minimum atomic E-state index is -0.784. The summed E-state index contributed by atoms with van der Waals surface area (Å²) in [6.45, 7) is -0.0610. The largest absolute Gasteiger partial charge is 0.486 e. The smallest absolute Gasteiger partial charge is 0.325 e. The fraction of sp³-hybridized carbons (Fsp3) is 0.600. The van der Waals surface area contributed by atoms with Crippen LogP contribution in [0.2, 0.25) is 0 Å². The number of amides is 4. The van der Waals surface area contributed by atoms with Gasteiger partial charge in [0.25, 0.3) is 5.91 Å². The summed E-state index contributed by atoms with van der Waals surface area (Å²) in [6.07, 6.45) is 7.73. The molecule has 1 aliphatic heterocycles. The Hall–Kier alpha value is -3.30. The first kappa shape index (κ1) is 23.4. The zero-order valence-electron chi connectivity index (χ0n) is 19.6. The molecule has 0 spiro atoms. The van der Waals surface area contributed by atoms with Crippen molar-refractivity contribution in [3.05, 3.63) is 18.2 Å². The van der Waals surface area contributed by atoms with Gasteiger partial charge in [-0.3, -0.25) is 19.7 Å². The number of imide groups is 1. The molecule has 0 radical (unpaired) electrons. The molecule has 5 aliphatic rings. The molecule has 0 atom stereocenters. The van der Waals surface area contributed by atoms with E-state index in [9.17, 15) is 19.2 Å². The van der Waals surface area contributed by atoms with Gasteiger partial charge in [0.15, 0.2) is 18.1 Å². The van der Waals surface area contributed by atoms with Gasteiger partial charge >= 0.3 is 12.0 Å². The van der Waals surface area contributed by atoms with E-state index in [1.54, 1.807) is 18.2 Å². The van der Waals surface area contributed by atoms with Crippen LogP contribution in [-0.4, -0.2) is 50.2 Å². The average molecular weight is 486 g/mol. The summed E-state index contributed by atoms with van der Waals surface area (Å²) >= 11 is 0. The maximum Gasteiger partial charge on any atom is 0.325 e. The summed E-state index contributed by atoms with van der Waals surface area (Å²) in [4.78, 5) is 48.5. The van der Waals surface area contributed by atoms with Crippen molar-refractivity contribution in [3.8, 4) is 11.5 Å². The van der Waals surface area contributed by atoms with Gasteiger partial charge in [0, 0.05) is 18.2 Å². The number of hydrogen-bond donors (Lipinski definition) is 3. The monoisotopic (exact) mass is 485 g/mol. The number of esters is 1. The highest BCUT2D eigenvalue weighted by atomic mass is 16.6. The second kappa shape index (κ2) is 9.75. The van der Waals surface area contributed by atoms with Crippen molar-refractivity contribution in [1.29, 1.82) is 0 Å². The van der Waals surface area contributed by atoms with Crippen LogP contribution in [-0.2, 0) is 19.1 Å².